The molecule has 3 N–H and O–H groups in total. The molecule has 0 bridgehead atoms. The number of halogens is 1. The SMILES string of the molecule is NNC(=O)c1cc(CSc2ccccc2F)on1. The first-order valence-electron chi connectivity index (χ1n) is 5.04. The number of hydrogen-bond donors (Lipinski definition) is 2. The Bertz CT molecular complexity index is 559. The van der Waals surface area contributed by atoms with Crippen molar-refractivity contribution < 1.29 is 13.7 Å². The number of carbonyl (C=O) groups is 1. The monoisotopic (exact) mass is 267 g/mol. The lowest BCUT2D eigenvalue weighted by atomic mass is 10.3. The number of hydrogen-bond acceptors (Lipinski definition) is 5. The number of amides is 1. The predicted octanol–water partition coefficient (Wildman–Crippen LogP) is 1.71. The molecule has 1 amide bonds. The van der Waals surface area contributed by atoms with Crippen LogP contribution in [0.2, 0.25) is 0 Å². The van der Waals surface area contributed by atoms with Crippen LogP contribution in [0.15, 0.2) is 39.8 Å². The summed E-state index contributed by atoms with van der Waals surface area (Å²) in [7, 11) is 0. The Balaban J connectivity index is 2.01. The van der Waals surface area contributed by atoms with Gasteiger partial charge in [0.2, 0.25) is 0 Å². The molecule has 7 heteroatoms. The number of aromatic nitrogens is 1. The third-order valence-corrected chi connectivity index (χ3v) is 3.20. The van der Waals surface area contributed by atoms with Crippen molar-refractivity contribution in [3.8, 4) is 0 Å². The van der Waals surface area contributed by atoms with E-state index in [-0.39, 0.29) is 11.5 Å². The summed E-state index contributed by atoms with van der Waals surface area (Å²) in [5, 5.41) is 3.55. The molecule has 2 rings (SSSR count). The van der Waals surface area contributed by atoms with Gasteiger partial charge in [-0.2, -0.15) is 0 Å². The standard InChI is InChI=1S/C11H10FN3O2S/c12-8-3-1-2-4-10(8)18-6-7-5-9(15-17-7)11(16)14-13/h1-5H,6,13H2,(H,14,16). The second kappa shape index (κ2) is 5.65. The van der Waals surface area contributed by atoms with E-state index in [1.807, 2.05) is 5.43 Å². The number of thioether (sulfide) groups is 1. The van der Waals surface area contributed by atoms with E-state index in [4.69, 9.17) is 10.4 Å². The number of carbonyl (C=O) groups excluding carboxylic acids is 1. The van der Waals surface area contributed by atoms with Crippen LogP contribution < -0.4 is 11.3 Å². The van der Waals surface area contributed by atoms with Gasteiger partial charge in [-0.1, -0.05) is 17.3 Å². The van der Waals surface area contributed by atoms with Gasteiger partial charge in [0.1, 0.15) is 11.6 Å². The summed E-state index contributed by atoms with van der Waals surface area (Å²) < 4.78 is 18.3. The molecule has 18 heavy (non-hydrogen) atoms. The van der Waals surface area contributed by atoms with Crippen LogP contribution in [0.3, 0.4) is 0 Å². The molecule has 5 nitrogen and oxygen atoms in total. The van der Waals surface area contributed by atoms with E-state index in [0.29, 0.717) is 16.4 Å². The largest absolute Gasteiger partial charge is 0.360 e. The van der Waals surface area contributed by atoms with Gasteiger partial charge in [-0.25, -0.2) is 10.2 Å². The van der Waals surface area contributed by atoms with Gasteiger partial charge in [-0.3, -0.25) is 10.2 Å². The summed E-state index contributed by atoms with van der Waals surface area (Å²) in [6, 6.07) is 7.90. The lowest BCUT2D eigenvalue weighted by Gasteiger charge is -1.99. The number of rotatable bonds is 4. The minimum absolute atomic E-state index is 0.0987. The highest BCUT2D eigenvalue weighted by Crippen LogP contribution is 2.25. The quantitative estimate of drug-likeness (QED) is 0.381. The molecular formula is C11H10FN3O2S. The molecule has 0 fully saturated rings. The molecule has 0 saturated heterocycles. The van der Waals surface area contributed by atoms with E-state index in [2.05, 4.69) is 5.16 Å². The van der Waals surface area contributed by atoms with Crippen molar-refractivity contribution >= 4 is 17.7 Å². The molecule has 0 saturated carbocycles. The zero-order valence-electron chi connectivity index (χ0n) is 9.22. The van der Waals surface area contributed by atoms with Crippen LogP contribution in [0.4, 0.5) is 4.39 Å². The third kappa shape index (κ3) is 2.88. The molecule has 0 aliphatic rings. The zero-order valence-corrected chi connectivity index (χ0v) is 10.0. The van der Waals surface area contributed by atoms with Crippen molar-refractivity contribution in [2.45, 2.75) is 10.6 Å². The Hall–Kier alpha value is -1.86. The van der Waals surface area contributed by atoms with E-state index in [9.17, 15) is 9.18 Å². The summed E-state index contributed by atoms with van der Waals surface area (Å²) in [6.07, 6.45) is 0. The molecule has 0 atom stereocenters. The highest BCUT2D eigenvalue weighted by atomic mass is 32.2. The van der Waals surface area contributed by atoms with Crippen LogP contribution in [0.1, 0.15) is 16.2 Å². The van der Waals surface area contributed by atoms with Gasteiger partial charge in [0.05, 0.1) is 5.75 Å². The Labute approximate surface area is 106 Å². The summed E-state index contributed by atoms with van der Waals surface area (Å²) in [5.74, 6) is 5.00. The van der Waals surface area contributed by atoms with Crippen LogP contribution >= 0.6 is 11.8 Å². The van der Waals surface area contributed by atoms with Gasteiger partial charge in [-0.05, 0) is 12.1 Å². The van der Waals surface area contributed by atoms with Crippen molar-refractivity contribution in [2.24, 2.45) is 5.84 Å². The zero-order chi connectivity index (χ0) is 13.0. The number of benzene rings is 1. The van der Waals surface area contributed by atoms with Crippen molar-refractivity contribution in [1.82, 2.24) is 10.6 Å². The van der Waals surface area contributed by atoms with Crippen molar-refractivity contribution in [3.05, 3.63) is 47.6 Å². The fraction of sp³-hybridized carbons (Fsp3) is 0.0909. The van der Waals surface area contributed by atoms with Crippen LogP contribution in [0, 0.1) is 5.82 Å². The first-order chi connectivity index (χ1) is 8.70. The number of nitrogens with two attached hydrogens (primary N) is 1. The van der Waals surface area contributed by atoms with E-state index in [1.54, 1.807) is 18.2 Å². The first kappa shape index (κ1) is 12.6. The Morgan fingerprint density at radius 2 is 2.28 bits per heavy atom. The molecule has 1 heterocycles. The first-order valence-corrected chi connectivity index (χ1v) is 6.03. The summed E-state index contributed by atoms with van der Waals surface area (Å²) in [5.41, 5.74) is 2.05. The molecule has 0 spiro atoms. The maximum atomic E-state index is 13.3. The topological polar surface area (TPSA) is 81.1 Å². The van der Waals surface area contributed by atoms with Gasteiger partial charge < -0.3 is 4.52 Å². The highest BCUT2D eigenvalue weighted by Gasteiger charge is 2.11. The van der Waals surface area contributed by atoms with E-state index >= 15 is 0 Å². The lowest BCUT2D eigenvalue weighted by Crippen LogP contribution is -2.30. The minimum atomic E-state index is -0.527. The normalized spacial score (nSPS) is 10.3. The van der Waals surface area contributed by atoms with Crippen LogP contribution in [-0.4, -0.2) is 11.1 Å². The Morgan fingerprint density at radius 3 is 3.00 bits per heavy atom. The highest BCUT2D eigenvalue weighted by molar-refractivity contribution is 7.98. The van der Waals surface area contributed by atoms with Crippen LogP contribution in [0.25, 0.3) is 0 Å². The molecule has 2 aromatic rings. The van der Waals surface area contributed by atoms with E-state index < -0.39 is 5.91 Å². The number of hydrazine groups is 1. The molecule has 1 aromatic carbocycles. The fourth-order valence-electron chi connectivity index (χ4n) is 1.27. The smallest absolute Gasteiger partial charge is 0.287 e. The van der Waals surface area contributed by atoms with Gasteiger partial charge in [0, 0.05) is 11.0 Å². The second-order valence-corrected chi connectivity index (χ2v) is 4.39. The van der Waals surface area contributed by atoms with Gasteiger partial charge >= 0.3 is 0 Å². The van der Waals surface area contributed by atoms with Crippen LogP contribution in [0.5, 0.6) is 0 Å². The molecule has 0 radical (unpaired) electrons. The average Bonchev–Trinajstić information content (AvgIpc) is 2.86. The van der Waals surface area contributed by atoms with Gasteiger partial charge in [-0.15, -0.1) is 11.8 Å². The summed E-state index contributed by atoms with van der Waals surface area (Å²) in [4.78, 5) is 11.6. The number of nitrogen functional groups attached to an aromatic ring is 1. The molecule has 0 aliphatic carbocycles. The average molecular weight is 267 g/mol. The molecular weight excluding hydrogens is 257 g/mol. The second-order valence-electron chi connectivity index (χ2n) is 3.37. The van der Waals surface area contributed by atoms with Crippen molar-refractivity contribution in [3.63, 3.8) is 0 Å². The fourth-order valence-corrected chi connectivity index (χ4v) is 2.09. The predicted molar refractivity (Wildman–Crippen MR) is 64.1 cm³/mol. The molecule has 1 aromatic heterocycles. The third-order valence-electron chi connectivity index (χ3n) is 2.13. The van der Waals surface area contributed by atoms with Crippen molar-refractivity contribution in [2.75, 3.05) is 0 Å². The maximum Gasteiger partial charge on any atom is 0.287 e. The Morgan fingerprint density at radius 1 is 1.50 bits per heavy atom. The Kier molecular flexibility index (Phi) is 3.96. The lowest BCUT2D eigenvalue weighted by molar-refractivity contribution is 0.0944. The van der Waals surface area contributed by atoms with E-state index in [1.165, 1.54) is 23.9 Å². The number of nitrogens with zero attached hydrogens (tertiary/aromatic N) is 1. The van der Waals surface area contributed by atoms with E-state index in [0.717, 1.165) is 0 Å². The van der Waals surface area contributed by atoms with Crippen molar-refractivity contribution in [1.29, 1.82) is 0 Å². The summed E-state index contributed by atoms with van der Waals surface area (Å²) >= 11 is 1.26. The molecule has 0 aliphatic heterocycles. The molecule has 0 unspecified atom stereocenters. The van der Waals surface area contributed by atoms with Crippen LogP contribution in [-0.2, 0) is 5.75 Å². The minimum Gasteiger partial charge on any atom is -0.360 e. The molecule has 94 valence electrons. The van der Waals surface area contributed by atoms with Gasteiger partial charge in [0.25, 0.3) is 5.91 Å². The maximum absolute atomic E-state index is 13.3. The number of nitrogens with one attached hydrogen (secondary N) is 1. The summed E-state index contributed by atoms with van der Waals surface area (Å²) in [6.45, 7) is 0. The van der Waals surface area contributed by atoms with Gasteiger partial charge in [0.15, 0.2) is 5.69 Å².